The van der Waals surface area contributed by atoms with Crippen LogP contribution in [0.2, 0.25) is 0 Å². The maximum atomic E-state index is 3.71. The number of anilines is 1. The highest BCUT2D eigenvalue weighted by Gasteiger charge is 2.12. The standard InChI is InChI=1S/C17H28N2/c1-14-9-10-17(15(2)13-14)19(3)12-11-18-16-7-5-4-6-8-16/h9-10,13,16,18H,4-8,11-12H2,1-3H3. The van der Waals surface area contributed by atoms with Crippen molar-refractivity contribution in [3.8, 4) is 0 Å². The van der Waals surface area contributed by atoms with E-state index in [0.717, 1.165) is 19.1 Å². The minimum Gasteiger partial charge on any atom is -0.373 e. The molecule has 1 aliphatic rings. The average Bonchev–Trinajstić information content (AvgIpc) is 2.39. The van der Waals surface area contributed by atoms with Gasteiger partial charge in [0.15, 0.2) is 0 Å². The SMILES string of the molecule is Cc1ccc(N(C)CCNC2CCCCC2)c(C)c1. The van der Waals surface area contributed by atoms with E-state index in [2.05, 4.69) is 49.3 Å². The zero-order valence-corrected chi connectivity index (χ0v) is 12.7. The molecule has 0 radical (unpaired) electrons. The topological polar surface area (TPSA) is 15.3 Å². The van der Waals surface area contributed by atoms with Crippen LogP contribution < -0.4 is 10.2 Å². The van der Waals surface area contributed by atoms with Gasteiger partial charge < -0.3 is 10.2 Å². The molecule has 0 aliphatic heterocycles. The van der Waals surface area contributed by atoms with E-state index in [1.165, 1.54) is 48.9 Å². The predicted octanol–water partition coefficient (Wildman–Crippen LogP) is 3.66. The van der Waals surface area contributed by atoms with Crippen LogP contribution in [-0.2, 0) is 0 Å². The fourth-order valence-corrected chi connectivity index (χ4v) is 3.10. The van der Waals surface area contributed by atoms with Gasteiger partial charge in [0.05, 0.1) is 0 Å². The summed E-state index contributed by atoms with van der Waals surface area (Å²) in [5.74, 6) is 0. The van der Waals surface area contributed by atoms with Gasteiger partial charge in [0.2, 0.25) is 0 Å². The molecule has 1 fully saturated rings. The molecule has 1 aliphatic carbocycles. The minimum atomic E-state index is 0.765. The van der Waals surface area contributed by atoms with Crippen molar-refractivity contribution in [2.45, 2.75) is 52.0 Å². The third-order valence-corrected chi connectivity index (χ3v) is 4.25. The summed E-state index contributed by atoms with van der Waals surface area (Å²) in [7, 11) is 2.19. The lowest BCUT2D eigenvalue weighted by Gasteiger charge is -2.26. The normalized spacial score (nSPS) is 16.6. The van der Waals surface area contributed by atoms with E-state index >= 15 is 0 Å². The van der Waals surface area contributed by atoms with Crippen LogP contribution in [-0.4, -0.2) is 26.2 Å². The van der Waals surface area contributed by atoms with Crippen molar-refractivity contribution in [2.75, 3.05) is 25.0 Å². The van der Waals surface area contributed by atoms with Crippen LogP contribution in [0.4, 0.5) is 5.69 Å². The van der Waals surface area contributed by atoms with Gasteiger partial charge in [-0.05, 0) is 38.3 Å². The molecule has 1 aromatic carbocycles. The molecule has 0 aromatic heterocycles. The van der Waals surface area contributed by atoms with Gasteiger partial charge in [-0.25, -0.2) is 0 Å². The van der Waals surface area contributed by atoms with Crippen molar-refractivity contribution in [3.63, 3.8) is 0 Å². The fraction of sp³-hybridized carbons (Fsp3) is 0.647. The second-order valence-electron chi connectivity index (χ2n) is 6.00. The first kappa shape index (κ1) is 14.4. The Balaban J connectivity index is 1.78. The van der Waals surface area contributed by atoms with Crippen molar-refractivity contribution >= 4 is 5.69 Å². The van der Waals surface area contributed by atoms with E-state index in [-0.39, 0.29) is 0 Å². The molecule has 1 saturated carbocycles. The molecule has 0 unspecified atom stereocenters. The molecular formula is C17H28N2. The third kappa shape index (κ3) is 4.24. The minimum absolute atomic E-state index is 0.765. The summed E-state index contributed by atoms with van der Waals surface area (Å²) < 4.78 is 0. The van der Waals surface area contributed by atoms with Crippen LogP contribution in [0.5, 0.6) is 0 Å². The van der Waals surface area contributed by atoms with Gasteiger partial charge in [-0.3, -0.25) is 0 Å². The number of likely N-dealkylation sites (N-methyl/N-ethyl adjacent to an activating group) is 1. The third-order valence-electron chi connectivity index (χ3n) is 4.25. The second kappa shape index (κ2) is 6.95. The van der Waals surface area contributed by atoms with Gasteiger partial charge in [0.25, 0.3) is 0 Å². The van der Waals surface area contributed by atoms with Gasteiger partial charge >= 0.3 is 0 Å². The van der Waals surface area contributed by atoms with Crippen LogP contribution in [0, 0.1) is 13.8 Å². The highest BCUT2D eigenvalue weighted by Crippen LogP contribution is 2.20. The number of hydrogen-bond acceptors (Lipinski definition) is 2. The van der Waals surface area contributed by atoms with Crippen molar-refractivity contribution in [3.05, 3.63) is 29.3 Å². The van der Waals surface area contributed by atoms with E-state index in [1.807, 2.05) is 0 Å². The lowest BCUT2D eigenvalue weighted by atomic mass is 9.95. The van der Waals surface area contributed by atoms with Gasteiger partial charge in [0, 0.05) is 31.9 Å². The van der Waals surface area contributed by atoms with Gasteiger partial charge in [-0.1, -0.05) is 37.0 Å². The molecule has 2 heteroatoms. The Morgan fingerprint density at radius 2 is 1.89 bits per heavy atom. The number of aryl methyl sites for hydroxylation is 2. The van der Waals surface area contributed by atoms with Crippen LogP contribution >= 0.6 is 0 Å². The van der Waals surface area contributed by atoms with E-state index in [4.69, 9.17) is 0 Å². The first-order valence-corrected chi connectivity index (χ1v) is 7.68. The van der Waals surface area contributed by atoms with Crippen LogP contribution in [0.25, 0.3) is 0 Å². The van der Waals surface area contributed by atoms with Crippen LogP contribution in [0.3, 0.4) is 0 Å². The molecule has 0 amide bonds. The molecule has 0 atom stereocenters. The quantitative estimate of drug-likeness (QED) is 0.869. The highest BCUT2D eigenvalue weighted by atomic mass is 15.1. The van der Waals surface area contributed by atoms with E-state index in [9.17, 15) is 0 Å². The number of nitrogens with one attached hydrogen (secondary N) is 1. The Bertz CT molecular complexity index is 394. The van der Waals surface area contributed by atoms with Crippen LogP contribution in [0.15, 0.2) is 18.2 Å². The fourth-order valence-electron chi connectivity index (χ4n) is 3.10. The summed E-state index contributed by atoms with van der Waals surface area (Å²) in [6, 6.07) is 7.47. The van der Waals surface area contributed by atoms with Crippen molar-refractivity contribution in [2.24, 2.45) is 0 Å². The van der Waals surface area contributed by atoms with Crippen molar-refractivity contribution < 1.29 is 0 Å². The van der Waals surface area contributed by atoms with Gasteiger partial charge in [-0.15, -0.1) is 0 Å². The van der Waals surface area contributed by atoms with E-state index < -0.39 is 0 Å². The summed E-state index contributed by atoms with van der Waals surface area (Å²) in [6.07, 6.45) is 6.98. The highest BCUT2D eigenvalue weighted by molar-refractivity contribution is 5.53. The molecule has 0 heterocycles. The molecule has 1 N–H and O–H groups in total. The predicted molar refractivity (Wildman–Crippen MR) is 84.1 cm³/mol. The summed E-state index contributed by atoms with van der Waals surface area (Å²) in [6.45, 7) is 6.53. The Labute approximate surface area is 118 Å². The average molecular weight is 260 g/mol. The largest absolute Gasteiger partial charge is 0.373 e. The molecule has 1 aromatic rings. The maximum Gasteiger partial charge on any atom is 0.0393 e. The Morgan fingerprint density at radius 1 is 1.16 bits per heavy atom. The summed E-state index contributed by atoms with van der Waals surface area (Å²) in [5.41, 5.74) is 4.08. The molecule has 19 heavy (non-hydrogen) atoms. The van der Waals surface area contributed by atoms with Crippen molar-refractivity contribution in [1.29, 1.82) is 0 Å². The van der Waals surface area contributed by atoms with E-state index in [1.54, 1.807) is 0 Å². The van der Waals surface area contributed by atoms with Gasteiger partial charge in [-0.2, -0.15) is 0 Å². The number of hydrogen-bond donors (Lipinski definition) is 1. The molecule has 2 nitrogen and oxygen atoms in total. The number of benzene rings is 1. The van der Waals surface area contributed by atoms with Gasteiger partial charge in [0.1, 0.15) is 0 Å². The van der Waals surface area contributed by atoms with Crippen LogP contribution in [0.1, 0.15) is 43.2 Å². The van der Waals surface area contributed by atoms with Crippen molar-refractivity contribution in [1.82, 2.24) is 5.32 Å². The Kier molecular flexibility index (Phi) is 5.26. The Morgan fingerprint density at radius 3 is 2.58 bits per heavy atom. The lowest BCUT2D eigenvalue weighted by Crippen LogP contribution is -2.37. The first-order valence-electron chi connectivity index (χ1n) is 7.68. The molecule has 106 valence electrons. The monoisotopic (exact) mass is 260 g/mol. The second-order valence-corrected chi connectivity index (χ2v) is 6.00. The van der Waals surface area contributed by atoms with E-state index in [0.29, 0.717) is 0 Å². The molecule has 0 saturated heterocycles. The maximum absolute atomic E-state index is 3.71. The summed E-state index contributed by atoms with van der Waals surface area (Å²) >= 11 is 0. The molecular weight excluding hydrogens is 232 g/mol. The molecule has 2 rings (SSSR count). The molecule has 0 spiro atoms. The summed E-state index contributed by atoms with van der Waals surface area (Å²) in [4.78, 5) is 2.37. The zero-order valence-electron chi connectivity index (χ0n) is 12.7. The molecule has 0 bridgehead atoms. The Hall–Kier alpha value is -1.02. The summed E-state index contributed by atoms with van der Waals surface area (Å²) in [5, 5.41) is 3.71. The number of rotatable bonds is 5. The lowest BCUT2D eigenvalue weighted by molar-refractivity contribution is 0.376. The smallest absolute Gasteiger partial charge is 0.0393 e. The number of nitrogens with zero attached hydrogens (tertiary/aromatic N) is 1. The first-order chi connectivity index (χ1) is 9.16. The zero-order chi connectivity index (χ0) is 13.7.